The van der Waals surface area contributed by atoms with Crippen LogP contribution in [0.25, 0.3) is 0 Å². The molecule has 12 aliphatic rings. The molecule has 0 aromatic rings. The predicted octanol–water partition coefficient (Wildman–Crippen LogP) is 8.14. The van der Waals surface area contributed by atoms with Crippen molar-refractivity contribution in [1.82, 2.24) is 10.2 Å². The van der Waals surface area contributed by atoms with E-state index in [1.807, 2.05) is 12.2 Å². The van der Waals surface area contributed by atoms with Gasteiger partial charge < -0.3 is 35.1 Å². The number of nitrogens with one attached hydrogen (secondary N) is 1. The van der Waals surface area contributed by atoms with Crippen LogP contribution in [0.4, 0.5) is 0 Å². The molecule has 0 aromatic carbocycles. The summed E-state index contributed by atoms with van der Waals surface area (Å²) in [5, 5.41) is 30.7. The predicted molar refractivity (Wildman–Crippen MR) is 303 cm³/mol. The van der Waals surface area contributed by atoms with E-state index < -0.39 is 0 Å². The third-order valence-electron chi connectivity index (χ3n) is 22.6. The van der Waals surface area contributed by atoms with Crippen LogP contribution in [0, 0.1) is 70.0 Å². The van der Waals surface area contributed by atoms with Gasteiger partial charge in [-0.25, -0.2) is 0 Å². The van der Waals surface area contributed by atoms with E-state index in [1.165, 1.54) is 68.9 Å². The number of halogens is 3. The van der Waals surface area contributed by atoms with Crippen molar-refractivity contribution >= 4 is 57.2 Å². The van der Waals surface area contributed by atoms with Gasteiger partial charge in [-0.2, -0.15) is 0 Å². The molecule has 0 amide bonds. The van der Waals surface area contributed by atoms with Crippen LogP contribution in [0.2, 0.25) is 0 Å². The van der Waals surface area contributed by atoms with E-state index in [1.54, 1.807) is 22.3 Å². The summed E-state index contributed by atoms with van der Waals surface area (Å²) in [5.74, 6) is 7.70. The number of fused-ring (bicyclic) bond motifs is 12. The number of allylic oxidation sites excluding steroid dienone is 6. The SMILES string of the molecule is CC1=C2C[C@H]3[C@@H](CCC4=CC(=O)CC[C@@]43C)[C@@H]2CC[C@@]2(C1)O[C@@H]1C[C@H](C)CN(CCO)[C@H]1[C@H]2C.CC1=C2C[C@H]3[C@@H](CCC4=CC(=O)CC[C@@]43C)[C@@H]2CC[C@@]2(C1)O[C@@H]1C[C@H](C)CN[C@H]1[C@H]2C.ClCCl.O=CO[O-].OCCBr.[Na+]. The molecule has 8 fully saturated rings. The molecular weight excluding hydrogens is 1090 g/mol. The Hall–Kier alpha value is -0.450. The minimum atomic E-state index is -0.181. The smallest absolute Gasteiger partial charge is 0.662 e. The summed E-state index contributed by atoms with van der Waals surface area (Å²) in [6, 6.07) is 0.994. The Balaban J connectivity index is 0.000000187. The maximum Gasteiger partial charge on any atom is 1.00 e. The van der Waals surface area contributed by atoms with Crippen LogP contribution in [0.5, 0.6) is 0 Å². The van der Waals surface area contributed by atoms with E-state index in [-0.39, 0.29) is 76.6 Å². The maximum atomic E-state index is 12.1. The molecule has 77 heavy (non-hydrogen) atoms. The minimum absolute atomic E-state index is 0. The van der Waals surface area contributed by atoms with Gasteiger partial charge >= 0.3 is 29.6 Å². The van der Waals surface area contributed by atoms with Crippen molar-refractivity contribution in [3.8, 4) is 0 Å². The number of aliphatic hydroxyl groups excluding tert-OH is 2. The van der Waals surface area contributed by atoms with E-state index in [9.17, 15) is 14.7 Å². The first-order valence-electron chi connectivity index (χ1n) is 29.6. The van der Waals surface area contributed by atoms with Gasteiger partial charge in [0.15, 0.2) is 11.6 Å². The molecule has 3 N–H and O–H groups in total. The fraction of sp³-hybridized carbons (Fsp3) is 0.823. The molecule has 12 rings (SSSR count). The molecule has 8 aliphatic carbocycles. The van der Waals surface area contributed by atoms with Gasteiger partial charge in [0.1, 0.15) is 0 Å². The largest absolute Gasteiger partial charge is 1.00 e. The van der Waals surface area contributed by atoms with Gasteiger partial charge in [-0.3, -0.25) is 19.3 Å². The number of hydrogen-bond donors (Lipinski definition) is 3. The fourth-order valence-corrected chi connectivity index (χ4v) is 19.0. The van der Waals surface area contributed by atoms with Crippen molar-refractivity contribution in [3.05, 3.63) is 45.6 Å². The number of hydrogen-bond acceptors (Lipinski definition) is 11. The zero-order chi connectivity index (χ0) is 54.9. The number of aliphatic hydroxyl groups is 2. The van der Waals surface area contributed by atoms with Gasteiger partial charge in [0.2, 0.25) is 0 Å². The third-order valence-corrected chi connectivity index (χ3v) is 22.9. The number of β-amino-alcohol motifs (C(OH)–C–C–N with tert-alkyl or cyclic N) is 1. The summed E-state index contributed by atoms with van der Waals surface area (Å²) < 4.78 is 14.1. The average molecular weight is 1190 g/mol. The second-order valence-corrected chi connectivity index (χ2v) is 28.0. The molecule has 11 nitrogen and oxygen atoms in total. The van der Waals surface area contributed by atoms with Crippen LogP contribution in [0.3, 0.4) is 0 Å². The summed E-state index contributed by atoms with van der Waals surface area (Å²) in [7, 11) is 0. The number of carbonyl (C=O) groups is 3. The summed E-state index contributed by atoms with van der Waals surface area (Å²) in [4.78, 5) is 38.0. The topological polar surface area (TPSA) is 158 Å². The number of carbonyl (C=O) groups excluding carboxylic acids is 3. The monoisotopic (exact) mass is 1180 g/mol. The molecule has 0 bridgehead atoms. The van der Waals surface area contributed by atoms with Crippen LogP contribution in [0.15, 0.2) is 45.6 Å². The number of nitrogens with zero attached hydrogens (tertiary/aromatic N) is 1. The number of rotatable bonds is 4. The van der Waals surface area contributed by atoms with E-state index in [0.29, 0.717) is 64.9 Å². The summed E-state index contributed by atoms with van der Waals surface area (Å²) in [6.45, 7) is 22.8. The average Bonchev–Trinajstić information content (AvgIpc) is 4.18. The van der Waals surface area contributed by atoms with Gasteiger partial charge in [0.25, 0.3) is 6.47 Å². The molecular formula is C62H94BrCl2N2NaO9. The number of likely N-dealkylation sites (tertiary alicyclic amines) is 1. The molecule has 428 valence electrons. The van der Waals surface area contributed by atoms with Crippen LogP contribution < -0.4 is 40.1 Å². The minimum Gasteiger partial charge on any atom is -0.662 e. The third kappa shape index (κ3) is 12.7. The summed E-state index contributed by atoms with van der Waals surface area (Å²) >= 11 is 12.5. The Bertz CT molecular complexity index is 2230. The van der Waals surface area contributed by atoms with E-state index in [0.717, 1.165) is 113 Å². The molecule has 4 aliphatic heterocycles. The molecule has 18 atom stereocenters. The van der Waals surface area contributed by atoms with Gasteiger partial charge in [-0.1, -0.05) is 90.9 Å². The second-order valence-electron chi connectivity index (χ2n) is 26.4. The molecule has 4 saturated heterocycles. The Morgan fingerprint density at radius 3 is 1.70 bits per heavy atom. The van der Waals surface area contributed by atoms with Crippen molar-refractivity contribution in [3.63, 3.8) is 0 Å². The first-order valence-corrected chi connectivity index (χ1v) is 31.8. The fourth-order valence-electron chi connectivity index (χ4n) is 19.0. The summed E-state index contributed by atoms with van der Waals surface area (Å²) in [5.41, 5.74) is 10.3. The van der Waals surface area contributed by atoms with Crippen LogP contribution in [-0.4, -0.2) is 112 Å². The van der Waals surface area contributed by atoms with Crippen molar-refractivity contribution in [2.45, 2.75) is 206 Å². The molecule has 4 heterocycles. The second kappa shape index (κ2) is 27.1. The first kappa shape index (κ1) is 64.1. The van der Waals surface area contributed by atoms with E-state index in [4.69, 9.17) is 47.8 Å². The number of ether oxygens (including phenoxy) is 2. The Kier molecular flexibility index (Phi) is 22.5. The maximum absolute atomic E-state index is 12.1. The number of piperidine rings is 2. The molecule has 4 saturated carbocycles. The van der Waals surface area contributed by atoms with Crippen molar-refractivity contribution in [2.24, 2.45) is 70.0 Å². The van der Waals surface area contributed by atoms with Gasteiger partial charge in [-0.15, -0.1) is 23.2 Å². The van der Waals surface area contributed by atoms with Gasteiger partial charge in [-0.05, 0) is 193 Å². The molecule has 0 unspecified atom stereocenters. The first-order chi connectivity index (χ1) is 36.3. The Morgan fingerprint density at radius 1 is 0.766 bits per heavy atom. The molecule has 0 aromatic heterocycles. The number of ketones is 2. The quantitative estimate of drug-likeness (QED) is 0.0624. The van der Waals surface area contributed by atoms with Crippen LogP contribution in [-0.2, 0) is 28.7 Å². The van der Waals surface area contributed by atoms with Gasteiger partial charge in [0, 0.05) is 55.2 Å². The molecule has 15 heteroatoms. The van der Waals surface area contributed by atoms with Crippen LogP contribution in [0.1, 0.15) is 171 Å². The van der Waals surface area contributed by atoms with Crippen molar-refractivity contribution in [2.75, 3.05) is 43.5 Å². The van der Waals surface area contributed by atoms with Crippen molar-refractivity contribution in [1.29, 1.82) is 0 Å². The van der Waals surface area contributed by atoms with Crippen LogP contribution >= 0.6 is 39.1 Å². The standard InChI is InChI=1S/C30H45NO3.C28H41NO2.C2H5BrO.CH2Cl2.CH2O3.Na/c1-18-13-27-28(31(17-18)11-12-32)20(3)30(34-27)10-8-23-24-6-5-21-14-22(33)7-9-29(21,4)26(24)15-25(23)19(2)16-30;1-16-11-25-26(29-15-16)18(3)28(31-25)10-8-21-22-6-5-19-12-20(30)7-9-27(19,4)24(22)13-23(21)17(2)14-28;3-1-2-4;2-1-3;2-1-4-3;/h14,18,20,23-24,26-28,32H,5-13,15-17H2,1-4H3;12,16,18,21-22,24-26,29H,5-11,13-15H2,1-4H3;4H,1-2H2;1H2;1,3H;/q;;;;;+1/p-1/t18-,20+,23-,24-,26-,27+,28-,29-,30-;16-,18+,21-,22-,24-,25+,26-,27-,28-;;;;/m00..../s1. The summed E-state index contributed by atoms with van der Waals surface area (Å²) in [6.07, 6.45) is 25.3. The normalized spacial score (nSPS) is 43.2. The Labute approximate surface area is 503 Å². The van der Waals surface area contributed by atoms with E-state index >= 15 is 0 Å². The van der Waals surface area contributed by atoms with E-state index in [2.05, 4.69) is 86.4 Å². The zero-order valence-corrected chi connectivity index (χ0v) is 53.4. The Morgan fingerprint density at radius 2 is 1.23 bits per heavy atom. The van der Waals surface area contributed by atoms with Gasteiger partial charge in [0.05, 0.1) is 42.0 Å². The zero-order valence-electron chi connectivity index (χ0n) is 48.3. The molecule has 0 radical (unpaired) electrons. The number of alkyl halides is 3. The van der Waals surface area contributed by atoms with Crippen molar-refractivity contribution < 1.29 is 73.8 Å². The molecule has 2 spiro atoms.